The van der Waals surface area contributed by atoms with Crippen molar-refractivity contribution < 1.29 is 9.90 Å². The predicted molar refractivity (Wildman–Crippen MR) is 143 cm³/mol. The first-order valence-corrected chi connectivity index (χ1v) is 12.9. The lowest BCUT2D eigenvalue weighted by atomic mass is 9.76. The van der Waals surface area contributed by atoms with E-state index in [-0.39, 0.29) is 22.2 Å². The molecule has 0 saturated heterocycles. The molecule has 5 N–H and O–H groups in total. The fraction of sp³-hybridized carbons (Fsp3) is 0.444. The Kier molecular flexibility index (Phi) is 7.32. The number of carbonyl (C=O) groups is 1. The van der Waals surface area contributed by atoms with Crippen molar-refractivity contribution in [2.45, 2.75) is 60.4 Å². The van der Waals surface area contributed by atoms with Gasteiger partial charge in [0.15, 0.2) is 15.2 Å². The molecule has 2 heterocycles. The third kappa shape index (κ3) is 4.41. The number of nitrogens with zero attached hydrogens (tertiary/aromatic N) is 3. The maximum atomic E-state index is 12.3. The Hall–Kier alpha value is -3.31. The summed E-state index contributed by atoms with van der Waals surface area (Å²) in [6, 6.07) is 3.42. The standard InChI is InChI=1S/C27H35N5O2Si/c1-14(2)27(15(3)4,16(5)6)35-12-11-21-30-13-19-22(25(29)34)24(28)32(26(19)31-21)23-17(7)9-10-20(33)18(23)8/h9-10,13-16,33H,28H2,1-8H3,(H2,29,34). The predicted octanol–water partition coefficient (Wildman–Crippen LogP) is 4.56. The fourth-order valence-corrected chi connectivity index (χ4v) is 6.68. The van der Waals surface area contributed by atoms with Crippen LogP contribution in [0.25, 0.3) is 16.7 Å². The molecule has 0 aliphatic heterocycles. The minimum Gasteiger partial charge on any atom is -0.508 e. The third-order valence-electron chi connectivity index (χ3n) is 7.14. The number of rotatable bonds is 6. The SMILES string of the molecule is Cc1ccc(O)c(C)c1-n1c(N)c(C(N)=O)c2cnc(C#C[Si]C(C(C)C)(C(C)C)C(C)C)nc21. The molecule has 0 aliphatic rings. The van der Waals surface area contributed by atoms with E-state index in [1.54, 1.807) is 29.8 Å². The summed E-state index contributed by atoms with van der Waals surface area (Å²) in [6.45, 7) is 17.3. The highest BCUT2D eigenvalue weighted by Crippen LogP contribution is 2.49. The van der Waals surface area contributed by atoms with E-state index in [1.165, 1.54) is 0 Å². The second-order valence-corrected chi connectivity index (χ2v) is 11.4. The molecule has 8 heteroatoms. The van der Waals surface area contributed by atoms with E-state index in [0.717, 1.165) is 5.56 Å². The number of nitrogens with two attached hydrogens (primary N) is 2. The molecule has 7 nitrogen and oxygen atoms in total. The molecule has 184 valence electrons. The number of hydrogen-bond donors (Lipinski definition) is 3. The maximum Gasteiger partial charge on any atom is 0.253 e. The molecule has 0 aliphatic carbocycles. The van der Waals surface area contributed by atoms with Crippen molar-refractivity contribution in [3.05, 3.63) is 40.8 Å². The van der Waals surface area contributed by atoms with Gasteiger partial charge in [-0.3, -0.25) is 9.36 Å². The van der Waals surface area contributed by atoms with Crippen LogP contribution in [0.1, 0.15) is 68.9 Å². The molecule has 2 aromatic heterocycles. The second-order valence-electron chi connectivity index (χ2n) is 10.0. The van der Waals surface area contributed by atoms with Gasteiger partial charge in [-0.15, -0.1) is 5.54 Å². The molecular formula is C27H35N5O2Si. The monoisotopic (exact) mass is 489 g/mol. The van der Waals surface area contributed by atoms with Crippen LogP contribution in [0.5, 0.6) is 5.75 Å². The molecule has 0 unspecified atom stereocenters. The first-order valence-electron chi connectivity index (χ1n) is 11.9. The number of phenols is 1. The molecule has 1 amide bonds. The zero-order valence-electron chi connectivity index (χ0n) is 21.8. The lowest BCUT2D eigenvalue weighted by Crippen LogP contribution is -2.36. The van der Waals surface area contributed by atoms with Crippen molar-refractivity contribution in [3.63, 3.8) is 0 Å². The van der Waals surface area contributed by atoms with Crippen LogP contribution in [0.3, 0.4) is 0 Å². The zero-order chi connectivity index (χ0) is 26.2. The van der Waals surface area contributed by atoms with Crippen LogP contribution in [0, 0.1) is 43.1 Å². The molecule has 0 bridgehead atoms. The van der Waals surface area contributed by atoms with Crippen molar-refractivity contribution in [3.8, 4) is 22.9 Å². The van der Waals surface area contributed by atoms with Gasteiger partial charge in [0.1, 0.15) is 11.6 Å². The Balaban J connectivity index is 2.22. The zero-order valence-corrected chi connectivity index (χ0v) is 22.8. The quantitative estimate of drug-likeness (QED) is 0.346. The van der Waals surface area contributed by atoms with E-state index >= 15 is 0 Å². The second kappa shape index (κ2) is 9.74. The summed E-state index contributed by atoms with van der Waals surface area (Å²) in [7, 11) is 0.421. The van der Waals surface area contributed by atoms with Gasteiger partial charge in [0, 0.05) is 11.8 Å². The molecular weight excluding hydrogens is 454 g/mol. The number of fused-ring (bicyclic) bond motifs is 1. The highest BCUT2D eigenvalue weighted by molar-refractivity contribution is 6.50. The molecule has 3 aromatic rings. The number of primary amides is 1. The van der Waals surface area contributed by atoms with Crippen molar-refractivity contribution in [2.75, 3.05) is 5.73 Å². The highest BCUT2D eigenvalue weighted by atomic mass is 28.2. The average Bonchev–Trinajstić information content (AvgIpc) is 3.05. The summed E-state index contributed by atoms with van der Waals surface area (Å²) in [4.78, 5) is 21.4. The smallest absolute Gasteiger partial charge is 0.253 e. The van der Waals surface area contributed by atoms with Crippen LogP contribution in [0.4, 0.5) is 5.82 Å². The lowest BCUT2D eigenvalue weighted by Gasteiger charge is -2.43. The van der Waals surface area contributed by atoms with E-state index < -0.39 is 5.91 Å². The summed E-state index contributed by atoms with van der Waals surface area (Å²) in [5, 5.41) is 10.9. The van der Waals surface area contributed by atoms with E-state index in [0.29, 0.717) is 55.4 Å². The first-order chi connectivity index (χ1) is 16.3. The van der Waals surface area contributed by atoms with Gasteiger partial charge in [-0.1, -0.05) is 47.6 Å². The number of carbonyl (C=O) groups excluding carboxylic acids is 1. The molecule has 35 heavy (non-hydrogen) atoms. The largest absolute Gasteiger partial charge is 0.508 e. The van der Waals surface area contributed by atoms with Crippen LogP contribution in [0.2, 0.25) is 5.04 Å². The molecule has 1 aromatic carbocycles. The van der Waals surface area contributed by atoms with Gasteiger partial charge in [-0.05, 0) is 54.2 Å². The number of amides is 1. The van der Waals surface area contributed by atoms with Crippen LogP contribution < -0.4 is 11.5 Å². The first kappa shape index (κ1) is 26.3. The van der Waals surface area contributed by atoms with Crippen molar-refractivity contribution in [2.24, 2.45) is 23.5 Å². The molecule has 0 fully saturated rings. The molecule has 0 spiro atoms. The summed E-state index contributed by atoms with van der Waals surface area (Å²) < 4.78 is 1.66. The topological polar surface area (TPSA) is 120 Å². The summed E-state index contributed by atoms with van der Waals surface area (Å²) in [5.74, 6) is 4.55. The van der Waals surface area contributed by atoms with Crippen molar-refractivity contribution >= 4 is 32.3 Å². The van der Waals surface area contributed by atoms with Crippen molar-refractivity contribution in [1.29, 1.82) is 0 Å². The van der Waals surface area contributed by atoms with Crippen LogP contribution in [-0.4, -0.2) is 35.1 Å². The number of aromatic nitrogens is 3. The van der Waals surface area contributed by atoms with E-state index in [9.17, 15) is 9.90 Å². The molecule has 2 radical (unpaired) electrons. The molecule has 0 atom stereocenters. The van der Waals surface area contributed by atoms with Gasteiger partial charge in [0.25, 0.3) is 5.91 Å². The number of nitrogen functional groups attached to an aromatic ring is 1. The maximum absolute atomic E-state index is 12.3. The molecule has 3 rings (SSSR count). The van der Waals surface area contributed by atoms with Crippen LogP contribution in [-0.2, 0) is 0 Å². The van der Waals surface area contributed by atoms with E-state index in [4.69, 9.17) is 16.5 Å². The Morgan fingerprint density at radius 1 is 1.11 bits per heavy atom. The Morgan fingerprint density at radius 2 is 1.71 bits per heavy atom. The van der Waals surface area contributed by atoms with Gasteiger partial charge in [0.2, 0.25) is 5.82 Å². The summed E-state index contributed by atoms with van der Waals surface area (Å²) >= 11 is 0. The molecule has 0 saturated carbocycles. The Labute approximate surface area is 210 Å². The number of aromatic hydroxyl groups is 1. The Morgan fingerprint density at radius 3 is 2.26 bits per heavy atom. The fourth-order valence-electron chi connectivity index (χ4n) is 5.43. The third-order valence-corrected chi connectivity index (χ3v) is 9.56. The van der Waals surface area contributed by atoms with Gasteiger partial charge < -0.3 is 16.6 Å². The van der Waals surface area contributed by atoms with Crippen molar-refractivity contribution in [1.82, 2.24) is 14.5 Å². The van der Waals surface area contributed by atoms with Crippen LogP contribution in [0.15, 0.2) is 18.3 Å². The van der Waals surface area contributed by atoms with Crippen LogP contribution >= 0.6 is 0 Å². The summed E-state index contributed by atoms with van der Waals surface area (Å²) in [5.41, 5.74) is 18.2. The van der Waals surface area contributed by atoms with Gasteiger partial charge in [-0.2, -0.15) is 0 Å². The number of benzene rings is 1. The summed E-state index contributed by atoms with van der Waals surface area (Å²) in [6.07, 6.45) is 1.55. The van der Waals surface area contributed by atoms with Gasteiger partial charge >= 0.3 is 0 Å². The number of phenolic OH excluding ortho intramolecular Hbond substituents is 1. The van der Waals surface area contributed by atoms with Gasteiger partial charge in [0.05, 0.1) is 16.6 Å². The number of anilines is 1. The van der Waals surface area contributed by atoms with Gasteiger partial charge in [-0.25, -0.2) is 9.97 Å². The normalized spacial score (nSPS) is 12.0. The minimum atomic E-state index is -0.666. The number of hydrogen-bond acceptors (Lipinski definition) is 5. The number of aryl methyl sites for hydroxylation is 1. The average molecular weight is 490 g/mol. The van der Waals surface area contributed by atoms with E-state index in [1.807, 2.05) is 6.92 Å². The highest BCUT2D eigenvalue weighted by Gasteiger charge is 2.40. The Bertz CT molecular complexity index is 1320. The minimum absolute atomic E-state index is 0.0939. The van der Waals surface area contributed by atoms with E-state index in [2.05, 4.69) is 58.0 Å². The lowest BCUT2D eigenvalue weighted by molar-refractivity contribution is 0.100.